The Hall–Kier alpha value is -9.24. The van der Waals surface area contributed by atoms with Crippen LogP contribution in [0.4, 0.5) is 13.2 Å². The number of methoxy groups -OCH3 is 1. The Balaban J connectivity index is 0.000000166. The maximum atomic E-state index is 15.2. The number of ether oxygens (including phenoxy) is 5. The third-order valence-electron chi connectivity index (χ3n) is 14.8. The van der Waals surface area contributed by atoms with Crippen molar-refractivity contribution in [2.75, 3.05) is 53.2 Å². The van der Waals surface area contributed by atoms with Crippen LogP contribution in [0.1, 0.15) is 104 Å². The maximum absolute atomic E-state index is 15.2. The van der Waals surface area contributed by atoms with E-state index in [0.717, 1.165) is 31.3 Å². The molecule has 0 aliphatic carbocycles. The fourth-order valence-corrected chi connectivity index (χ4v) is 11.0. The van der Waals surface area contributed by atoms with Crippen LogP contribution in [0.15, 0.2) is 162 Å². The summed E-state index contributed by atoms with van der Waals surface area (Å²) in [6.07, 6.45) is -6.45. The summed E-state index contributed by atoms with van der Waals surface area (Å²) in [7, 11) is 1.20. The zero-order valence-corrected chi connectivity index (χ0v) is 56.2. The summed E-state index contributed by atoms with van der Waals surface area (Å²) in [4.78, 5) is 70.6. The Morgan fingerprint density at radius 2 is 0.940 bits per heavy atom. The third-order valence-corrected chi connectivity index (χ3v) is 16.0. The van der Waals surface area contributed by atoms with Crippen molar-refractivity contribution in [2.45, 2.75) is 70.9 Å². The van der Waals surface area contributed by atoms with E-state index in [0.29, 0.717) is 111 Å². The molecule has 4 unspecified atom stereocenters. The van der Waals surface area contributed by atoms with Crippen LogP contribution in [0.2, 0.25) is 25.1 Å². The zero-order valence-electron chi connectivity index (χ0n) is 52.5. The van der Waals surface area contributed by atoms with Crippen molar-refractivity contribution >= 4 is 148 Å². The summed E-state index contributed by atoms with van der Waals surface area (Å²) in [5.74, 6) is -5.01. The number of hydrogen-bond donors (Lipinski definition) is 4. The molecule has 2 aliphatic heterocycles. The summed E-state index contributed by atoms with van der Waals surface area (Å²) in [6, 6.07) is 36.2. The lowest BCUT2D eigenvalue weighted by atomic mass is 10.0. The van der Waals surface area contributed by atoms with E-state index in [1.807, 2.05) is 0 Å². The number of carbonyl (C=O) groups excluding carboxylic acids is 5. The average Bonchev–Trinajstić information content (AvgIpc) is 1.54. The molecule has 528 valence electrons. The van der Waals surface area contributed by atoms with Crippen molar-refractivity contribution in [3.05, 3.63) is 199 Å². The number of alkyl halides is 3. The van der Waals surface area contributed by atoms with Crippen LogP contribution >= 0.6 is 58.0 Å². The van der Waals surface area contributed by atoms with Gasteiger partial charge in [-0.15, -0.1) is 0 Å². The molecule has 1 saturated heterocycles. The van der Waals surface area contributed by atoms with Gasteiger partial charge in [0.15, 0.2) is 28.8 Å². The van der Waals surface area contributed by atoms with E-state index in [-0.39, 0.29) is 49.4 Å². The highest BCUT2D eigenvalue weighted by molar-refractivity contribution is 6.40. The van der Waals surface area contributed by atoms with Gasteiger partial charge < -0.3 is 71.3 Å². The first kappa shape index (κ1) is 76.5. The minimum atomic E-state index is -2.14. The first-order valence-electron chi connectivity index (χ1n) is 30.2. The molecule has 21 nitrogen and oxygen atoms in total. The number of carboxylic acid groups (broad SMARTS) is 1. The second-order valence-electron chi connectivity index (χ2n) is 21.7. The lowest BCUT2D eigenvalue weighted by molar-refractivity contribution is -0.151. The topological polar surface area (TPSA) is 290 Å². The Morgan fingerprint density at radius 1 is 0.520 bits per heavy atom. The van der Waals surface area contributed by atoms with Gasteiger partial charge >= 0.3 is 29.7 Å². The van der Waals surface area contributed by atoms with Crippen LogP contribution < -0.4 is 14.8 Å². The molecule has 0 radical (unpaired) electrons. The fourth-order valence-electron chi connectivity index (χ4n) is 10.1. The van der Waals surface area contributed by atoms with Gasteiger partial charge in [0.2, 0.25) is 12.3 Å². The van der Waals surface area contributed by atoms with Crippen molar-refractivity contribution in [1.82, 2.24) is 10.2 Å². The number of benzene rings is 6. The van der Waals surface area contributed by atoms with Gasteiger partial charge in [-0.05, 0) is 179 Å². The van der Waals surface area contributed by atoms with Crippen LogP contribution in [0.5, 0.6) is 11.5 Å². The number of halogens is 8. The van der Waals surface area contributed by atoms with Gasteiger partial charge in [-0.1, -0.05) is 71.5 Å². The number of aliphatic hydroxyl groups excluding tert-OH is 2. The van der Waals surface area contributed by atoms with Gasteiger partial charge in [0.1, 0.15) is 58.8 Å². The minimum absolute atomic E-state index is 0. The molecule has 2 aliphatic rings. The SMILES string of the molecule is C.CCOC(=O)C(=O)c1cc2cc(Cl)ccc2o1.CCOC(=O)C(F)c1cc2cc(Cl)ccc2o1.COC(=O)C(O)c1cc2cc(Cl)ccc2o1.O=C(N[C@H](CN1CCCC1)[C@H](O)c1ccc2c(c1)OCCO2)C(F)c1cc2cc(Cl)ccc2o1.O=C(O)C(F)c1cc2cc(Cl)ccc2o1. The first-order valence-corrected chi connectivity index (χ1v) is 32.1. The highest BCUT2D eigenvalue weighted by Crippen LogP contribution is 2.36. The number of Topliss-reactive ketones (excluding diaryl/α,β-unsaturated/α-hetero) is 1. The second-order valence-corrected chi connectivity index (χ2v) is 23.9. The van der Waals surface area contributed by atoms with E-state index in [1.54, 1.807) is 129 Å². The van der Waals surface area contributed by atoms with Crippen LogP contribution in [0.25, 0.3) is 54.8 Å². The van der Waals surface area contributed by atoms with E-state index in [4.69, 9.17) is 94.7 Å². The molecule has 13 rings (SSSR count). The monoisotopic (exact) mass is 1480 g/mol. The Kier molecular flexibility index (Phi) is 26.9. The molecule has 11 aromatic rings. The van der Waals surface area contributed by atoms with Gasteiger partial charge in [-0.2, -0.15) is 0 Å². The fraction of sp³-hybridized carbons (Fsp3) is 0.268. The number of aliphatic hydroxyl groups is 2. The summed E-state index contributed by atoms with van der Waals surface area (Å²) in [6.45, 7) is 6.53. The predicted octanol–water partition coefficient (Wildman–Crippen LogP) is 16.8. The molecule has 1 fully saturated rings. The number of likely N-dealkylation sites (tertiary alicyclic amines) is 1. The molecular weight excluding hydrogens is 1420 g/mol. The van der Waals surface area contributed by atoms with Crippen LogP contribution in [-0.4, -0.2) is 115 Å². The van der Waals surface area contributed by atoms with Gasteiger partial charge in [-0.25, -0.2) is 32.3 Å². The van der Waals surface area contributed by atoms with Gasteiger partial charge in [0.05, 0.1) is 26.4 Å². The largest absolute Gasteiger partial charge is 0.486 e. The van der Waals surface area contributed by atoms with E-state index >= 15 is 4.39 Å². The summed E-state index contributed by atoms with van der Waals surface area (Å²) in [5.41, 5.74) is 2.96. The molecule has 6 aromatic carbocycles. The molecule has 100 heavy (non-hydrogen) atoms. The molecule has 7 heterocycles. The molecule has 0 spiro atoms. The van der Waals surface area contributed by atoms with Crippen LogP contribution in [0.3, 0.4) is 0 Å². The van der Waals surface area contributed by atoms with Crippen molar-refractivity contribution in [3.63, 3.8) is 0 Å². The number of carbonyl (C=O) groups is 6. The van der Waals surface area contributed by atoms with Crippen molar-refractivity contribution < 1.29 is 103 Å². The number of fused-ring (bicyclic) bond motifs is 6. The molecule has 29 heteroatoms. The van der Waals surface area contributed by atoms with Crippen LogP contribution in [0, 0.1) is 0 Å². The number of nitrogens with zero attached hydrogens (tertiary/aromatic N) is 1. The standard InChI is InChI=1S/C25H26ClFN2O5.C12H10ClFO3.C12H9ClO4.C11H9ClO4.C10H6ClFO3.CH4/c26-17-4-6-19-16(11-17)13-22(34-19)23(27)25(31)28-18(14-29-7-1-2-8-29)24(30)15-3-5-20-21(12-15)33-10-9-32-20;2*1-2-16-12(15)11(14)10-6-7-5-8(13)3-4-9(7)17-10;1-15-11(14)10(13)9-5-6-4-7(12)2-3-8(6)16-9;11-6-1-2-7-5(3-6)4-8(15-7)9(12)10(13)14;/h3-6,11-13,18,23-24,30H,1-2,7-10,14H2,(H,28,31);3-6,11H,2H2,1H3;3-6H,2H2,1H3;2-5,10,13H,1H3;1-4,9H,(H,13,14);1H4/t18-,23?,24-;;;;;/m1...../s1. The predicted molar refractivity (Wildman–Crippen MR) is 367 cm³/mol. The first-order chi connectivity index (χ1) is 47.4. The van der Waals surface area contributed by atoms with E-state index < -0.39 is 72.3 Å². The van der Waals surface area contributed by atoms with Gasteiger partial charge in [0.25, 0.3) is 18.3 Å². The number of esters is 3. The normalized spacial score (nSPS) is 14.2. The lowest BCUT2D eigenvalue weighted by Crippen LogP contribution is -2.47. The quantitative estimate of drug-likeness (QED) is 0.0285. The number of rotatable bonds is 17. The number of amides is 1. The molecular formula is C71H64Cl5F3N2O19. The smallest absolute Gasteiger partial charge is 0.383 e. The number of carboxylic acids is 1. The Morgan fingerprint density at radius 3 is 1.40 bits per heavy atom. The molecule has 0 saturated carbocycles. The number of furan rings is 5. The molecule has 0 bridgehead atoms. The molecule has 4 N–H and O–H groups in total. The van der Waals surface area contributed by atoms with Gasteiger partial charge in [0, 0.05) is 58.6 Å². The summed E-state index contributed by atoms with van der Waals surface area (Å²) >= 11 is 29.1. The van der Waals surface area contributed by atoms with Crippen molar-refractivity contribution in [2.24, 2.45) is 0 Å². The number of aliphatic carboxylic acids is 1. The van der Waals surface area contributed by atoms with E-state index in [2.05, 4.69) is 24.4 Å². The van der Waals surface area contributed by atoms with Gasteiger partial charge in [-0.3, -0.25) is 9.59 Å². The maximum Gasteiger partial charge on any atom is 0.383 e. The van der Waals surface area contributed by atoms with E-state index in [9.17, 15) is 47.8 Å². The zero-order chi connectivity index (χ0) is 71.2. The van der Waals surface area contributed by atoms with Crippen molar-refractivity contribution in [3.8, 4) is 11.5 Å². The average molecular weight is 1480 g/mol. The summed E-state index contributed by atoms with van der Waals surface area (Å²) < 4.78 is 93.0. The van der Waals surface area contributed by atoms with Crippen molar-refractivity contribution in [1.29, 1.82) is 0 Å². The molecule has 1 amide bonds. The minimum Gasteiger partial charge on any atom is -0.486 e. The Labute approximate surface area is 592 Å². The second kappa shape index (κ2) is 35.2. The summed E-state index contributed by atoms with van der Waals surface area (Å²) in [5, 5.41) is 37.8. The number of ketones is 1. The molecule has 5 aromatic heterocycles. The molecule has 6 atom stereocenters. The highest BCUT2D eigenvalue weighted by atomic mass is 35.5. The highest BCUT2D eigenvalue weighted by Gasteiger charge is 2.33. The number of nitrogens with one attached hydrogen (secondary N) is 1. The number of hydrogen-bond acceptors (Lipinski definition) is 19. The van der Waals surface area contributed by atoms with Crippen LogP contribution in [-0.2, 0) is 38.2 Å². The Bertz CT molecular complexity index is 4700. The van der Waals surface area contributed by atoms with E-state index in [1.165, 1.54) is 31.4 Å². The third kappa shape index (κ3) is 19.6. The lowest BCUT2D eigenvalue weighted by Gasteiger charge is -2.29.